The SMILES string of the molecule is c1ccc(-c2cccc(-c3nc(-c4ccc5c(c4)C(c4ccccc4)(c4ccccc4)c4ccccc4-5)nc(-c4cccc5ccccc45)n3)c2)cc1. The zero-order valence-corrected chi connectivity index (χ0v) is 28.9. The molecule has 0 unspecified atom stereocenters. The molecular weight excluding hydrogens is 643 g/mol. The number of fused-ring (bicyclic) bond motifs is 4. The Hall–Kier alpha value is -6.97. The summed E-state index contributed by atoms with van der Waals surface area (Å²) in [6.07, 6.45) is 0. The normalized spacial score (nSPS) is 12.7. The van der Waals surface area contributed by atoms with E-state index in [9.17, 15) is 0 Å². The summed E-state index contributed by atoms with van der Waals surface area (Å²) in [5, 5.41) is 2.25. The molecule has 0 atom stereocenters. The minimum Gasteiger partial charge on any atom is -0.208 e. The zero-order valence-electron chi connectivity index (χ0n) is 28.9. The summed E-state index contributed by atoms with van der Waals surface area (Å²) >= 11 is 0. The average Bonchev–Trinajstić information content (AvgIpc) is 3.55. The maximum atomic E-state index is 5.28. The van der Waals surface area contributed by atoms with Gasteiger partial charge < -0.3 is 0 Å². The van der Waals surface area contributed by atoms with Gasteiger partial charge in [0.1, 0.15) is 0 Å². The van der Waals surface area contributed by atoms with Crippen LogP contribution in [0.15, 0.2) is 200 Å². The Morgan fingerprint density at radius 2 is 0.811 bits per heavy atom. The Bertz CT molecular complexity index is 2730. The van der Waals surface area contributed by atoms with Crippen LogP contribution in [0.3, 0.4) is 0 Å². The first-order chi connectivity index (χ1) is 26.3. The molecule has 0 radical (unpaired) electrons. The van der Waals surface area contributed by atoms with Crippen LogP contribution in [0.4, 0.5) is 0 Å². The van der Waals surface area contributed by atoms with E-state index in [-0.39, 0.29) is 0 Å². The van der Waals surface area contributed by atoms with Crippen molar-refractivity contribution in [1.82, 2.24) is 15.0 Å². The molecule has 9 aromatic rings. The summed E-state index contributed by atoms with van der Waals surface area (Å²) in [6.45, 7) is 0. The number of benzene rings is 8. The first-order valence-electron chi connectivity index (χ1n) is 18.0. The van der Waals surface area contributed by atoms with E-state index in [0.717, 1.165) is 38.6 Å². The zero-order chi connectivity index (χ0) is 35.2. The second kappa shape index (κ2) is 12.7. The van der Waals surface area contributed by atoms with Gasteiger partial charge in [-0.3, -0.25) is 0 Å². The summed E-state index contributed by atoms with van der Waals surface area (Å²) in [6, 6.07) is 71.0. The third kappa shape index (κ3) is 5.09. The highest BCUT2D eigenvalue weighted by atomic mass is 15.0. The number of hydrogen-bond donors (Lipinski definition) is 0. The maximum absolute atomic E-state index is 5.28. The molecule has 1 aliphatic carbocycles. The molecule has 8 aromatic carbocycles. The van der Waals surface area contributed by atoms with Crippen molar-refractivity contribution in [3.05, 3.63) is 222 Å². The predicted molar refractivity (Wildman–Crippen MR) is 216 cm³/mol. The van der Waals surface area contributed by atoms with Gasteiger partial charge in [-0.05, 0) is 67.4 Å². The Morgan fingerprint density at radius 1 is 0.302 bits per heavy atom. The highest BCUT2D eigenvalue weighted by molar-refractivity contribution is 5.95. The van der Waals surface area contributed by atoms with Crippen molar-refractivity contribution in [2.75, 3.05) is 0 Å². The Morgan fingerprint density at radius 3 is 1.57 bits per heavy atom. The molecular formula is C50H33N3. The van der Waals surface area contributed by atoms with E-state index >= 15 is 0 Å². The van der Waals surface area contributed by atoms with Gasteiger partial charge in [0.25, 0.3) is 0 Å². The van der Waals surface area contributed by atoms with Crippen molar-refractivity contribution in [2.24, 2.45) is 0 Å². The van der Waals surface area contributed by atoms with Crippen LogP contribution >= 0.6 is 0 Å². The maximum Gasteiger partial charge on any atom is 0.164 e. The monoisotopic (exact) mass is 675 g/mol. The van der Waals surface area contributed by atoms with Gasteiger partial charge in [0.15, 0.2) is 17.5 Å². The van der Waals surface area contributed by atoms with Gasteiger partial charge in [0.05, 0.1) is 5.41 Å². The van der Waals surface area contributed by atoms with E-state index < -0.39 is 5.41 Å². The van der Waals surface area contributed by atoms with Crippen molar-refractivity contribution in [3.8, 4) is 56.4 Å². The molecule has 0 aliphatic heterocycles. The molecule has 0 N–H and O–H groups in total. The van der Waals surface area contributed by atoms with Crippen molar-refractivity contribution in [3.63, 3.8) is 0 Å². The summed E-state index contributed by atoms with van der Waals surface area (Å²) in [5.74, 6) is 1.92. The molecule has 0 spiro atoms. The summed E-state index contributed by atoms with van der Waals surface area (Å²) in [5.41, 5.74) is 12.0. The molecule has 53 heavy (non-hydrogen) atoms. The van der Waals surface area contributed by atoms with Crippen LogP contribution in [0.2, 0.25) is 0 Å². The molecule has 248 valence electrons. The molecule has 3 nitrogen and oxygen atoms in total. The van der Waals surface area contributed by atoms with Crippen molar-refractivity contribution < 1.29 is 0 Å². The second-order valence-corrected chi connectivity index (χ2v) is 13.6. The molecule has 1 aliphatic rings. The number of rotatable bonds is 6. The van der Waals surface area contributed by atoms with Crippen LogP contribution in [0.5, 0.6) is 0 Å². The van der Waals surface area contributed by atoms with Gasteiger partial charge in [-0.2, -0.15) is 0 Å². The fraction of sp³-hybridized carbons (Fsp3) is 0.0200. The highest BCUT2D eigenvalue weighted by Gasteiger charge is 2.46. The fourth-order valence-electron chi connectivity index (χ4n) is 8.23. The van der Waals surface area contributed by atoms with Gasteiger partial charge in [0.2, 0.25) is 0 Å². The van der Waals surface area contributed by atoms with Crippen LogP contribution in [-0.4, -0.2) is 15.0 Å². The second-order valence-electron chi connectivity index (χ2n) is 13.6. The van der Waals surface area contributed by atoms with Gasteiger partial charge in [-0.1, -0.05) is 188 Å². The lowest BCUT2D eigenvalue weighted by atomic mass is 9.67. The smallest absolute Gasteiger partial charge is 0.164 e. The standard InChI is InChI=1S/C50H33N3/c1-4-16-34(17-5-1)36-20-14-21-37(32-36)47-51-48(53-49(52-47)44-28-15-19-35-18-10-11-26-41(35)44)38-30-31-43-42-27-12-13-29-45(42)50(46(43)33-38,39-22-6-2-7-23-39)40-24-8-3-9-25-40/h1-33H. The molecule has 1 heterocycles. The quantitative estimate of drug-likeness (QED) is 0.176. The Labute approximate surface area is 309 Å². The van der Waals surface area contributed by atoms with Crippen LogP contribution in [-0.2, 0) is 5.41 Å². The fourth-order valence-corrected chi connectivity index (χ4v) is 8.23. The van der Waals surface area contributed by atoms with E-state index in [4.69, 9.17) is 15.0 Å². The van der Waals surface area contributed by atoms with Gasteiger partial charge in [0, 0.05) is 16.7 Å². The Kier molecular flexibility index (Phi) is 7.36. The van der Waals surface area contributed by atoms with Crippen LogP contribution in [0.1, 0.15) is 22.3 Å². The topological polar surface area (TPSA) is 38.7 Å². The van der Waals surface area contributed by atoms with E-state index in [2.05, 4.69) is 194 Å². The summed E-state index contributed by atoms with van der Waals surface area (Å²) in [7, 11) is 0. The van der Waals surface area contributed by atoms with E-state index in [1.54, 1.807) is 0 Å². The van der Waals surface area contributed by atoms with Crippen molar-refractivity contribution in [1.29, 1.82) is 0 Å². The number of aromatic nitrogens is 3. The Balaban J connectivity index is 1.23. The molecule has 0 saturated carbocycles. The first kappa shape index (κ1) is 30.8. The van der Waals surface area contributed by atoms with Crippen LogP contribution < -0.4 is 0 Å². The molecule has 0 fully saturated rings. The first-order valence-corrected chi connectivity index (χ1v) is 18.0. The molecule has 10 rings (SSSR count). The van der Waals surface area contributed by atoms with E-state index in [1.165, 1.54) is 33.4 Å². The highest BCUT2D eigenvalue weighted by Crippen LogP contribution is 2.56. The van der Waals surface area contributed by atoms with Crippen LogP contribution in [0.25, 0.3) is 67.2 Å². The molecule has 0 amide bonds. The van der Waals surface area contributed by atoms with Gasteiger partial charge in [-0.25, -0.2) is 15.0 Å². The lowest BCUT2D eigenvalue weighted by Crippen LogP contribution is -2.28. The average molecular weight is 676 g/mol. The third-order valence-electron chi connectivity index (χ3n) is 10.6. The largest absolute Gasteiger partial charge is 0.208 e. The molecule has 0 saturated heterocycles. The summed E-state index contributed by atoms with van der Waals surface area (Å²) < 4.78 is 0. The third-order valence-corrected chi connectivity index (χ3v) is 10.6. The molecule has 0 bridgehead atoms. The van der Waals surface area contributed by atoms with Gasteiger partial charge >= 0.3 is 0 Å². The van der Waals surface area contributed by atoms with E-state index in [1.807, 2.05) is 6.07 Å². The van der Waals surface area contributed by atoms with Crippen molar-refractivity contribution in [2.45, 2.75) is 5.41 Å². The predicted octanol–water partition coefficient (Wildman–Crippen LogP) is 12.1. The van der Waals surface area contributed by atoms with Gasteiger partial charge in [-0.15, -0.1) is 0 Å². The van der Waals surface area contributed by atoms with E-state index in [0.29, 0.717) is 17.5 Å². The summed E-state index contributed by atoms with van der Waals surface area (Å²) in [4.78, 5) is 15.7. The van der Waals surface area contributed by atoms with Crippen molar-refractivity contribution >= 4 is 10.8 Å². The van der Waals surface area contributed by atoms with Crippen LogP contribution in [0, 0.1) is 0 Å². The lowest BCUT2D eigenvalue weighted by molar-refractivity contribution is 0.768. The molecule has 3 heteroatoms. The lowest BCUT2D eigenvalue weighted by Gasteiger charge is -2.34. The number of hydrogen-bond acceptors (Lipinski definition) is 3. The number of nitrogens with zero attached hydrogens (tertiary/aromatic N) is 3. The molecule has 1 aromatic heterocycles. The minimum atomic E-state index is -0.525. The minimum absolute atomic E-state index is 0.525.